The van der Waals surface area contributed by atoms with Crippen molar-refractivity contribution in [3.8, 4) is 11.5 Å². The van der Waals surface area contributed by atoms with Gasteiger partial charge < -0.3 is 19.9 Å². The number of carbonyl (C=O) groups is 2. The first-order valence-corrected chi connectivity index (χ1v) is 7.57. The molecule has 26 heavy (non-hydrogen) atoms. The highest BCUT2D eigenvalue weighted by Crippen LogP contribution is 2.30. The topological polar surface area (TPSA) is 143 Å². The number of nitrogen functional groups attached to an aromatic ring is 1. The number of ketones is 1. The Hall–Kier alpha value is -3.56. The van der Waals surface area contributed by atoms with Gasteiger partial charge in [-0.25, -0.2) is 9.59 Å². The lowest BCUT2D eigenvalue weighted by Crippen LogP contribution is -2.35. The Morgan fingerprint density at radius 3 is 2.65 bits per heavy atom. The van der Waals surface area contributed by atoms with Gasteiger partial charge in [0.2, 0.25) is 5.78 Å². The monoisotopic (exact) mass is 361 g/mol. The number of hydrogen-bond donors (Lipinski definition) is 2. The lowest BCUT2D eigenvalue weighted by Gasteiger charge is -2.18. The number of fused-ring (bicyclic) bond motifs is 1. The Morgan fingerprint density at radius 2 is 1.92 bits per heavy atom. The van der Waals surface area contributed by atoms with Crippen molar-refractivity contribution < 1.29 is 23.8 Å². The molecule has 0 unspecified atom stereocenters. The standard InChI is InChI=1S/C16H15N3O7/c1-19-13(17)12(14(21)18-16(19)23)9(20)7-26-15(22)8-2-3-10-11(6-8)25-5-4-24-10/h2-3,6H,4-5,7,17H2,1H3,(H,18,21,23). The van der Waals surface area contributed by atoms with Crippen molar-refractivity contribution >= 4 is 17.6 Å². The highest BCUT2D eigenvalue weighted by molar-refractivity contribution is 6.02. The quantitative estimate of drug-likeness (QED) is 0.546. The Morgan fingerprint density at radius 1 is 1.23 bits per heavy atom. The minimum atomic E-state index is -0.939. The third kappa shape index (κ3) is 3.16. The molecule has 0 saturated carbocycles. The van der Waals surface area contributed by atoms with Crippen LogP contribution in [-0.4, -0.2) is 41.1 Å². The summed E-state index contributed by atoms with van der Waals surface area (Å²) in [6.45, 7) is 0.0678. The number of hydrogen-bond acceptors (Lipinski definition) is 8. The van der Waals surface area contributed by atoms with Crippen LogP contribution in [0.2, 0.25) is 0 Å². The largest absolute Gasteiger partial charge is 0.486 e. The van der Waals surface area contributed by atoms with Crippen LogP contribution in [-0.2, 0) is 11.8 Å². The molecule has 0 radical (unpaired) electrons. The second kappa shape index (κ2) is 6.75. The van der Waals surface area contributed by atoms with Crippen molar-refractivity contribution in [2.75, 3.05) is 25.6 Å². The van der Waals surface area contributed by atoms with Crippen LogP contribution in [0.15, 0.2) is 27.8 Å². The molecule has 2 aromatic rings. The first-order valence-electron chi connectivity index (χ1n) is 7.57. The summed E-state index contributed by atoms with van der Waals surface area (Å²) in [6.07, 6.45) is 0. The average Bonchev–Trinajstić information content (AvgIpc) is 2.63. The normalized spacial score (nSPS) is 12.5. The first kappa shape index (κ1) is 17.3. The van der Waals surface area contributed by atoms with Crippen molar-refractivity contribution in [2.24, 2.45) is 7.05 Å². The van der Waals surface area contributed by atoms with E-state index in [0.29, 0.717) is 24.7 Å². The number of carbonyl (C=O) groups excluding carboxylic acids is 2. The van der Waals surface area contributed by atoms with E-state index in [1.54, 1.807) is 6.07 Å². The molecular weight excluding hydrogens is 346 g/mol. The fourth-order valence-electron chi connectivity index (χ4n) is 2.36. The van der Waals surface area contributed by atoms with E-state index in [0.717, 1.165) is 4.57 Å². The van der Waals surface area contributed by atoms with Crippen molar-refractivity contribution in [2.45, 2.75) is 0 Å². The summed E-state index contributed by atoms with van der Waals surface area (Å²) in [5.41, 5.74) is 3.65. The Balaban J connectivity index is 1.74. The van der Waals surface area contributed by atoms with E-state index < -0.39 is 35.2 Å². The molecular formula is C16H15N3O7. The van der Waals surface area contributed by atoms with E-state index in [9.17, 15) is 19.2 Å². The summed E-state index contributed by atoms with van der Waals surface area (Å²) < 4.78 is 16.6. The summed E-state index contributed by atoms with van der Waals surface area (Å²) in [5.74, 6) is -1.01. The van der Waals surface area contributed by atoms with Gasteiger partial charge in [-0.1, -0.05) is 0 Å². The number of rotatable bonds is 4. The number of benzene rings is 1. The minimum Gasteiger partial charge on any atom is -0.486 e. The van der Waals surface area contributed by atoms with Crippen LogP contribution in [0.5, 0.6) is 11.5 Å². The number of nitrogens with zero attached hydrogens (tertiary/aromatic N) is 1. The highest BCUT2D eigenvalue weighted by atomic mass is 16.6. The van der Waals surface area contributed by atoms with E-state index in [2.05, 4.69) is 0 Å². The number of H-pyrrole nitrogens is 1. The molecule has 0 amide bonds. The number of Topliss-reactive ketones (excluding diaryl/α,β-unsaturated/α-hetero) is 1. The van der Waals surface area contributed by atoms with Gasteiger partial charge in [0.1, 0.15) is 24.6 Å². The number of ether oxygens (including phenoxy) is 3. The van der Waals surface area contributed by atoms with Gasteiger partial charge in [0.05, 0.1) is 5.56 Å². The molecule has 1 aromatic carbocycles. The SMILES string of the molecule is Cn1c(N)c(C(=O)COC(=O)c2ccc3c(c2)OCCO3)c(=O)[nH]c1=O. The molecule has 0 saturated heterocycles. The minimum absolute atomic E-state index is 0.157. The molecule has 1 aliphatic heterocycles. The van der Waals surface area contributed by atoms with Crippen molar-refractivity contribution in [1.82, 2.24) is 9.55 Å². The number of nitrogens with one attached hydrogen (secondary N) is 1. The molecule has 3 N–H and O–H groups in total. The molecule has 136 valence electrons. The van der Waals surface area contributed by atoms with Crippen LogP contribution >= 0.6 is 0 Å². The summed E-state index contributed by atoms with van der Waals surface area (Å²) >= 11 is 0. The van der Waals surface area contributed by atoms with E-state index in [1.807, 2.05) is 4.98 Å². The lowest BCUT2D eigenvalue weighted by atomic mass is 10.2. The maximum atomic E-state index is 12.2. The molecule has 0 aliphatic carbocycles. The van der Waals surface area contributed by atoms with Crippen LogP contribution in [0, 0.1) is 0 Å². The maximum Gasteiger partial charge on any atom is 0.338 e. The van der Waals surface area contributed by atoms with Gasteiger partial charge in [-0.15, -0.1) is 0 Å². The fraction of sp³-hybridized carbons (Fsp3) is 0.250. The molecule has 2 heterocycles. The molecule has 1 aliphatic rings. The number of anilines is 1. The fourth-order valence-corrected chi connectivity index (χ4v) is 2.36. The van der Waals surface area contributed by atoms with Crippen LogP contribution in [0.3, 0.4) is 0 Å². The average molecular weight is 361 g/mol. The van der Waals surface area contributed by atoms with E-state index >= 15 is 0 Å². The van der Waals surface area contributed by atoms with Gasteiger partial charge in [0.25, 0.3) is 5.56 Å². The molecule has 3 rings (SSSR count). The first-order chi connectivity index (χ1) is 12.4. The third-order valence-corrected chi connectivity index (χ3v) is 3.76. The van der Waals surface area contributed by atoms with Crippen LogP contribution in [0.4, 0.5) is 5.82 Å². The highest BCUT2D eigenvalue weighted by Gasteiger charge is 2.21. The number of aromatic nitrogens is 2. The van der Waals surface area contributed by atoms with Crippen LogP contribution in [0.25, 0.3) is 0 Å². The summed E-state index contributed by atoms with van der Waals surface area (Å²) in [7, 11) is 1.30. The Labute approximate surface area is 146 Å². The van der Waals surface area contributed by atoms with Crippen molar-refractivity contribution in [3.05, 3.63) is 50.2 Å². The zero-order valence-corrected chi connectivity index (χ0v) is 13.7. The second-order valence-electron chi connectivity index (χ2n) is 5.44. The summed E-state index contributed by atoms with van der Waals surface area (Å²) in [5, 5.41) is 0. The number of esters is 1. The molecule has 0 atom stereocenters. The van der Waals surface area contributed by atoms with Gasteiger partial charge >= 0.3 is 11.7 Å². The molecule has 10 heteroatoms. The zero-order valence-electron chi connectivity index (χ0n) is 13.7. The number of aromatic amines is 1. The summed E-state index contributed by atoms with van der Waals surface area (Å²) in [4.78, 5) is 49.5. The lowest BCUT2D eigenvalue weighted by molar-refractivity contribution is 0.0473. The molecule has 0 bridgehead atoms. The van der Waals surface area contributed by atoms with Crippen molar-refractivity contribution in [3.63, 3.8) is 0 Å². The van der Waals surface area contributed by atoms with Gasteiger partial charge in [0.15, 0.2) is 18.1 Å². The van der Waals surface area contributed by atoms with Gasteiger partial charge in [-0.3, -0.25) is 19.1 Å². The third-order valence-electron chi connectivity index (χ3n) is 3.76. The number of nitrogens with two attached hydrogens (primary N) is 1. The van der Waals surface area contributed by atoms with Gasteiger partial charge in [-0.2, -0.15) is 0 Å². The predicted molar refractivity (Wildman–Crippen MR) is 88.8 cm³/mol. The van der Waals surface area contributed by atoms with Gasteiger partial charge in [-0.05, 0) is 18.2 Å². The smallest absolute Gasteiger partial charge is 0.338 e. The van der Waals surface area contributed by atoms with Crippen molar-refractivity contribution in [1.29, 1.82) is 0 Å². The zero-order chi connectivity index (χ0) is 18.8. The van der Waals surface area contributed by atoms with E-state index in [1.165, 1.54) is 19.2 Å². The Bertz CT molecular complexity index is 1010. The maximum absolute atomic E-state index is 12.2. The molecule has 1 aromatic heterocycles. The van der Waals surface area contributed by atoms with E-state index in [4.69, 9.17) is 19.9 Å². The molecule has 10 nitrogen and oxygen atoms in total. The second-order valence-corrected chi connectivity index (χ2v) is 5.44. The van der Waals surface area contributed by atoms with Crippen LogP contribution < -0.4 is 26.5 Å². The van der Waals surface area contributed by atoms with Crippen LogP contribution in [0.1, 0.15) is 20.7 Å². The Kier molecular flexibility index (Phi) is 4.48. The summed E-state index contributed by atoms with van der Waals surface area (Å²) in [6, 6.07) is 4.46. The molecule has 0 fully saturated rings. The van der Waals surface area contributed by atoms with Gasteiger partial charge in [0, 0.05) is 7.05 Å². The predicted octanol–water partition coefficient (Wildman–Crippen LogP) is -0.533. The molecule has 0 spiro atoms. The van der Waals surface area contributed by atoms with E-state index in [-0.39, 0.29) is 11.4 Å².